The molecule has 0 saturated heterocycles. The van der Waals surface area contributed by atoms with Gasteiger partial charge in [-0.1, -0.05) is 41.9 Å². The van der Waals surface area contributed by atoms with Crippen LogP contribution in [0.3, 0.4) is 0 Å². The third-order valence-corrected chi connectivity index (χ3v) is 4.73. The smallest absolute Gasteiger partial charge is 0.261 e. The molecule has 0 radical (unpaired) electrons. The van der Waals surface area contributed by atoms with Crippen LogP contribution in [0, 0.1) is 0 Å². The van der Waals surface area contributed by atoms with Crippen LogP contribution in [0.2, 0.25) is 5.02 Å². The molecule has 0 aromatic heterocycles. The highest BCUT2D eigenvalue weighted by Crippen LogP contribution is 2.24. The van der Waals surface area contributed by atoms with Crippen molar-refractivity contribution in [2.75, 3.05) is 5.32 Å². The number of carbonyl (C=O) groups excluding carboxylic acids is 3. The van der Waals surface area contributed by atoms with Crippen molar-refractivity contribution in [2.24, 2.45) is 0 Å². The Labute approximate surface area is 166 Å². The number of rotatable bonds is 4. The largest absolute Gasteiger partial charge is 0.322 e. The van der Waals surface area contributed by atoms with Crippen LogP contribution in [-0.2, 0) is 6.54 Å². The van der Waals surface area contributed by atoms with Crippen LogP contribution in [0.4, 0.5) is 5.69 Å². The molecule has 5 nitrogen and oxygen atoms in total. The normalized spacial score (nSPS) is 12.8. The standard InChI is InChI=1S/C22H15ClN2O3/c23-16-7-4-8-17(12-16)24-20(26)15-6-3-5-14(11-15)13-25-21(27)18-9-1-2-10-19(18)22(25)28/h1-12H,13H2,(H,24,26). The van der Waals surface area contributed by atoms with Crippen molar-refractivity contribution >= 4 is 35.0 Å². The van der Waals surface area contributed by atoms with Gasteiger partial charge in [0.15, 0.2) is 0 Å². The van der Waals surface area contributed by atoms with E-state index in [0.29, 0.717) is 33.0 Å². The van der Waals surface area contributed by atoms with Gasteiger partial charge in [-0.05, 0) is 48.0 Å². The van der Waals surface area contributed by atoms with E-state index < -0.39 is 0 Å². The third-order valence-electron chi connectivity index (χ3n) is 4.49. The van der Waals surface area contributed by atoms with Gasteiger partial charge in [-0.25, -0.2) is 0 Å². The first kappa shape index (κ1) is 17.9. The Kier molecular flexibility index (Phi) is 4.67. The van der Waals surface area contributed by atoms with Crippen LogP contribution >= 0.6 is 11.6 Å². The molecular formula is C22H15ClN2O3. The van der Waals surface area contributed by atoms with Crippen LogP contribution in [0.5, 0.6) is 0 Å². The van der Waals surface area contributed by atoms with Crippen LogP contribution in [0.15, 0.2) is 72.8 Å². The minimum Gasteiger partial charge on any atom is -0.322 e. The molecule has 3 aromatic carbocycles. The second-order valence-electron chi connectivity index (χ2n) is 6.41. The summed E-state index contributed by atoms with van der Waals surface area (Å²) in [6, 6.07) is 20.5. The molecule has 1 aliphatic heterocycles. The van der Waals surface area contributed by atoms with Gasteiger partial charge in [0.05, 0.1) is 17.7 Å². The van der Waals surface area contributed by atoms with Gasteiger partial charge in [0.1, 0.15) is 0 Å². The number of fused-ring (bicyclic) bond motifs is 1. The number of carbonyl (C=O) groups is 3. The minimum atomic E-state index is -0.325. The van der Waals surface area contributed by atoms with Crippen LogP contribution in [-0.4, -0.2) is 22.6 Å². The van der Waals surface area contributed by atoms with E-state index in [4.69, 9.17) is 11.6 Å². The Balaban J connectivity index is 1.52. The molecule has 0 bridgehead atoms. The van der Waals surface area contributed by atoms with Crippen molar-refractivity contribution in [2.45, 2.75) is 6.54 Å². The van der Waals surface area contributed by atoms with E-state index in [9.17, 15) is 14.4 Å². The molecule has 0 spiro atoms. The Hall–Kier alpha value is -3.44. The molecule has 1 N–H and O–H groups in total. The van der Waals surface area contributed by atoms with E-state index in [1.54, 1.807) is 72.8 Å². The number of nitrogens with zero attached hydrogens (tertiary/aromatic N) is 1. The predicted molar refractivity (Wildman–Crippen MR) is 106 cm³/mol. The Morgan fingerprint density at radius 3 is 2.21 bits per heavy atom. The number of hydrogen-bond acceptors (Lipinski definition) is 3. The summed E-state index contributed by atoms with van der Waals surface area (Å²) in [5.74, 6) is -0.949. The van der Waals surface area contributed by atoms with E-state index in [1.165, 1.54) is 4.90 Å². The van der Waals surface area contributed by atoms with Crippen molar-refractivity contribution in [1.82, 2.24) is 4.90 Å². The van der Waals surface area contributed by atoms with Crippen molar-refractivity contribution in [3.63, 3.8) is 0 Å². The lowest BCUT2D eigenvalue weighted by Crippen LogP contribution is -2.29. The maximum Gasteiger partial charge on any atom is 0.261 e. The Bertz CT molecular complexity index is 1080. The highest BCUT2D eigenvalue weighted by molar-refractivity contribution is 6.31. The SMILES string of the molecule is O=C(Nc1cccc(Cl)c1)c1cccc(CN2C(=O)c3ccccc3C2=O)c1. The topological polar surface area (TPSA) is 66.5 Å². The molecule has 4 rings (SSSR count). The zero-order valence-corrected chi connectivity index (χ0v) is 15.4. The molecule has 1 heterocycles. The number of amides is 3. The fourth-order valence-electron chi connectivity index (χ4n) is 3.15. The van der Waals surface area contributed by atoms with Gasteiger partial charge < -0.3 is 5.32 Å². The van der Waals surface area contributed by atoms with Gasteiger partial charge in [0, 0.05) is 16.3 Å². The van der Waals surface area contributed by atoms with Gasteiger partial charge in [-0.2, -0.15) is 0 Å². The van der Waals surface area contributed by atoms with Crippen LogP contribution < -0.4 is 5.32 Å². The lowest BCUT2D eigenvalue weighted by atomic mass is 10.1. The van der Waals surface area contributed by atoms with Gasteiger partial charge in [0.2, 0.25) is 0 Å². The van der Waals surface area contributed by atoms with E-state index >= 15 is 0 Å². The van der Waals surface area contributed by atoms with Crippen molar-refractivity contribution in [3.05, 3.63) is 100 Å². The quantitative estimate of drug-likeness (QED) is 0.672. The molecule has 3 amide bonds. The molecule has 138 valence electrons. The van der Waals surface area contributed by atoms with Gasteiger partial charge in [-0.15, -0.1) is 0 Å². The monoisotopic (exact) mass is 390 g/mol. The molecular weight excluding hydrogens is 376 g/mol. The molecule has 0 atom stereocenters. The molecule has 1 aliphatic rings. The predicted octanol–water partition coefficient (Wildman–Crippen LogP) is 4.39. The number of hydrogen-bond donors (Lipinski definition) is 1. The molecule has 0 aliphatic carbocycles. The fraction of sp³-hybridized carbons (Fsp3) is 0.0455. The summed E-state index contributed by atoms with van der Waals surface area (Å²) < 4.78 is 0. The van der Waals surface area contributed by atoms with Gasteiger partial charge >= 0.3 is 0 Å². The van der Waals surface area contributed by atoms with E-state index in [2.05, 4.69) is 5.32 Å². The molecule has 0 unspecified atom stereocenters. The Morgan fingerprint density at radius 2 is 1.54 bits per heavy atom. The number of anilines is 1. The second kappa shape index (κ2) is 7.29. The lowest BCUT2D eigenvalue weighted by Gasteiger charge is -2.14. The average molecular weight is 391 g/mol. The second-order valence-corrected chi connectivity index (χ2v) is 6.84. The molecule has 6 heteroatoms. The van der Waals surface area contributed by atoms with Crippen LogP contribution in [0.1, 0.15) is 36.6 Å². The summed E-state index contributed by atoms with van der Waals surface area (Å²) in [5.41, 5.74) is 2.51. The summed E-state index contributed by atoms with van der Waals surface area (Å²) in [7, 11) is 0. The summed E-state index contributed by atoms with van der Waals surface area (Å²) in [4.78, 5) is 38.7. The summed E-state index contributed by atoms with van der Waals surface area (Å²) in [5, 5.41) is 3.31. The lowest BCUT2D eigenvalue weighted by molar-refractivity contribution is 0.0642. The summed E-state index contributed by atoms with van der Waals surface area (Å²) in [6.45, 7) is 0.102. The first-order chi connectivity index (χ1) is 13.5. The zero-order chi connectivity index (χ0) is 19.7. The maximum atomic E-state index is 12.5. The van der Waals surface area contributed by atoms with E-state index in [-0.39, 0.29) is 24.3 Å². The first-order valence-corrected chi connectivity index (χ1v) is 9.02. The zero-order valence-electron chi connectivity index (χ0n) is 14.7. The summed E-state index contributed by atoms with van der Waals surface area (Å²) >= 11 is 5.94. The minimum absolute atomic E-state index is 0.102. The molecule has 0 fully saturated rings. The van der Waals surface area contributed by atoms with Gasteiger partial charge in [0.25, 0.3) is 17.7 Å². The molecule has 0 saturated carbocycles. The average Bonchev–Trinajstić information content (AvgIpc) is 2.93. The fourth-order valence-corrected chi connectivity index (χ4v) is 3.34. The first-order valence-electron chi connectivity index (χ1n) is 8.64. The van der Waals surface area contributed by atoms with Crippen LogP contribution in [0.25, 0.3) is 0 Å². The summed E-state index contributed by atoms with van der Waals surface area (Å²) in [6.07, 6.45) is 0. The van der Waals surface area contributed by atoms with Crippen molar-refractivity contribution < 1.29 is 14.4 Å². The van der Waals surface area contributed by atoms with Gasteiger partial charge in [-0.3, -0.25) is 19.3 Å². The highest BCUT2D eigenvalue weighted by atomic mass is 35.5. The maximum absolute atomic E-state index is 12.5. The molecule has 28 heavy (non-hydrogen) atoms. The number of imide groups is 1. The Morgan fingerprint density at radius 1 is 0.857 bits per heavy atom. The number of halogens is 1. The third kappa shape index (κ3) is 3.40. The van der Waals surface area contributed by atoms with E-state index in [1.807, 2.05) is 0 Å². The van der Waals surface area contributed by atoms with Crippen molar-refractivity contribution in [1.29, 1.82) is 0 Å². The molecule has 3 aromatic rings. The van der Waals surface area contributed by atoms with Crippen molar-refractivity contribution in [3.8, 4) is 0 Å². The van der Waals surface area contributed by atoms with E-state index in [0.717, 1.165) is 0 Å². The highest BCUT2D eigenvalue weighted by Gasteiger charge is 2.34. The number of nitrogens with one attached hydrogen (secondary N) is 1. The number of benzene rings is 3.